The van der Waals surface area contributed by atoms with Crippen molar-refractivity contribution in [2.24, 2.45) is 11.8 Å². The first kappa shape index (κ1) is 31.2. The molecule has 0 N–H and O–H groups in total. The van der Waals surface area contributed by atoms with E-state index >= 15 is 0 Å². The minimum Gasteiger partial charge on any atom is -0.385 e. The topological polar surface area (TPSA) is 140 Å². The third-order valence-electron chi connectivity index (χ3n) is 5.51. The molecule has 2 aromatic rings. The molecular formula is C24H42N6O6. The van der Waals surface area contributed by atoms with E-state index in [0.29, 0.717) is 56.7 Å². The van der Waals surface area contributed by atoms with E-state index in [2.05, 4.69) is 37.9 Å². The number of aryl methyl sites for hydroxylation is 3. The van der Waals surface area contributed by atoms with Gasteiger partial charge in [0.05, 0.1) is 9.85 Å². The van der Waals surface area contributed by atoms with Crippen molar-refractivity contribution >= 4 is 11.4 Å². The molecule has 0 saturated heterocycles. The van der Waals surface area contributed by atoms with E-state index in [9.17, 15) is 20.2 Å². The summed E-state index contributed by atoms with van der Waals surface area (Å²) < 4.78 is 13.3. The van der Waals surface area contributed by atoms with Crippen LogP contribution in [0.2, 0.25) is 0 Å². The summed E-state index contributed by atoms with van der Waals surface area (Å²) in [5.74, 6) is 1.04. The van der Waals surface area contributed by atoms with Crippen LogP contribution in [0.3, 0.4) is 0 Å². The highest BCUT2D eigenvalue weighted by molar-refractivity contribution is 5.33. The number of aromatic nitrogens is 4. The molecule has 0 amide bonds. The highest BCUT2D eigenvalue weighted by atomic mass is 16.6. The summed E-state index contributed by atoms with van der Waals surface area (Å²) >= 11 is 0. The summed E-state index contributed by atoms with van der Waals surface area (Å²) in [6.45, 7) is 11.0. The number of nitro groups is 2. The molecule has 36 heavy (non-hydrogen) atoms. The average Bonchev–Trinajstić information content (AvgIpc) is 3.41. The van der Waals surface area contributed by atoms with Gasteiger partial charge in [-0.2, -0.15) is 10.2 Å². The SMILES string of the molecule is COCCCn1cc([N+](=O)[O-])c(CCC(C)C)n1.COCCCn1ncc([N+](=O)[O-])c1CCC(C)C. The van der Waals surface area contributed by atoms with Gasteiger partial charge in [0.2, 0.25) is 0 Å². The van der Waals surface area contributed by atoms with E-state index in [1.165, 1.54) is 12.4 Å². The van der Waals surface area contributed by atoms with E-state index in [1.54, 1.807) is 23.6 Å². The van der Waals surface area contributed by atoms with E-state index in [0.717, 1.165) is 31.4 Å². The van der Waals surface area contributed by atoms with E-state index in [-0.39, 0.29) is 21.2 Å². The molecule has 204 valence electrons. The number of ether oxygens (including phenoxy) is 2. The van der Waals surface area contributed by atoms with Crippen molar-refractivity contribution in [3.8, 4) is 0 Å². The minimum atomic E-state index is -0.352. The van der Waals surface area contributed by atoms with E-state index in [4.69, 9.17) is 9.47 Å². The predicted octanol–water partition coefficient (Wildman–Crippen LogP) is 4.83. The van der Waals surface area contributed by atoms with Crippen LogP contribution in [0, 0.1) is 32.1 Å². The lowest BCUT2D eigenvalue weighted by molar-refractivity contribution is -0.385. The van der Waals surface area contributed by atoms with Crippen LogP contribution in [0.15, 0.2) is 12.4 Å². The third kappa shape index (κ3) is 11.3. The number of rotatable bonds is 16. The molecule has 0 unspecified atom stereocenters. The molecule has 0 spiro atoms. The second-order valence-corrected chi connectivity index (χ2v) is 9.50. The van der Waals surface area contributed by atoms with Crippen molar-refractivity contribution in [1.82, 2.24) is 19.6 Å². The van der Waals surface area contributed by atoms with Gasteiger partial charge in [0.15, 0.2) is 0 Å². The quantitative estimate of drug-likeness (QED) is 0.178. The Morgan fingerprint density at radius 1 is 0.889 bits per heavy atom. The largest absolute Gasteiger partial charge is 0.385 e. The monoisotopic (exact) mass is 510 g/mol. The maximum Gasteiger partial charge on any atom is 0.310 e. The molecule has 12 nitrogen and oxygen atoms in total. The number of hydrogen-bond donors (Lipinski definition) is 0. The van der Waals surface area contributed by atoms with Gasteiger partial charge in [-0.15, -0.1) is 0 Å². The van der Waals surface area contributed by atoms with Crippen LogP contribution >= 0.6 is 0 Å². The first-order valence-electron chi connectivity index (χ1n) is 12.5. The summed E-state index contributed by atoms with van der Waals surface area (Å²) in [5, 5.41) is 30.3. The molecule has 0 radical (unpaired) electrons. The maximum absolute atomic E-state index is 10.9. The van der Waals surface area contributed by atoms with Gasteiger partial charge in [0.1, 0.15) is 23.8 Å². The highest BCUT2D eigenvalue weighted by Crippen LogP contribution is 2.22. The van der Waals surface area contributed by atoms with Crippen LogP contribution in [0.25, 0.3) is 0 Å². The van der Waals surface area contributed by atoms with Crippen LogP contribution in [-0.2, 0) is 35.4 Å². The fraction of sp³-hybridized carbons (Fsp3) is 0.750. The van der Waals surface area contributed by atoms with Crippen LogP contribution in [0.1, 0.15) is 64.8 Å². The lowest BCUT2D eigenvalue weighted by Gasteiger charge is -2.08. The van der Waals surface area contributed by atoms with Crippen molar-refractivity contribution in [1.29, 1.82) is 0 Å². The molecular weight excluding hydrogens is 468 g/mol. The van der Waals surface area contributed by atoms with Gasteiger partial charge < -0.3 is 9.47 Å². The Morgan fingerprint density at radius 3 is 1.97 bits per heavy atom. The predicted molar refractivity (Wildman–Crippen MR) is 137 cm³/mol. The lowest BCUT2D eigenvalue weighted by atomic mass is 10.1. The molecule has 12 heteroatoms. The third-order valence-corrected chi connectivity index (χ3v) is 5.51. The molecule has 0 fully saturated rings. The van der Waals surface area contributed by atoms with Gasteiger partial charge in [0.25, 0.3) is 0 Å². The first-order valence-corrected chi connectivity index (χ1v) is 12.5. The van der Waals surface area contributed by atoms with Gasteiger partial charge in [-0.1, -0.05) is 27.7 Å². The molecule has 0 aliphatic carbocycles. The van der Waals surface area contributed by atoms with E-state index in [1.807, 2.05) is 0 Å². The number of methoxy groups -OCH3 is 2. The van der Waals surface area contributed by atoms with E-state index < -0.39 is 0 Å². The summed E-state index contributed by atoms with van der Waals surface area (Å²) in [6.07, 6.45) is 7.68. The van der Waals surface area contributed by atoms with Crippen molar-refractivity contribution in [3.63, 3.8) is 0 Å². The zero-order valence-electron chi connectivity index (χ0n) is 22.5. The van der Waals surface area contributed by atoms with Crippen LogP contribution in [0.4, 0.5) is 11.4 Å². The fourth-order valence-electron chi connectivity index (χ4n) is 3.48. The van der Waals surface area contributed by atoms with Crippen LogP contribution in [0.5, 0.6) is 0 Å². The van der Waals surface area contributed by atoms with Crippen LogP contribution in [-0.4, -0.2) is 56.8 Å². The maximum atomic E-state index is 10.9. The van der Waals surface area contributed by atoms with Gasteiger partial charge >= 0.3 is 11.4 Å². The van der Waals surface area contributed by atoms with Gasteiger partial charge in [-0.05, 0) is 50.4 Å². The fourth-order valence-corrected chi connectivity index (χ4v) is 3.48. The molecule has 0 atom stereocenters. The lowest BCUT2D eigenvalue weighted by Crippen LogP contribution is -2.09. The molecule has 0 saturated carbocycles. The second kappa shape index (κ2) is 16.7. The molecule has 2 rings (SSSR count). The summed E-state index contributed by atoms with van der Waals surface area (Å²) in [7, 11) is 3.28. The van der Waals surface area contributed by atoms with Gasteiger partial charge in [-0.3, -0.25) is 29.6 Å². The molecule has 2 heterocycles. The van der Waals surface area contributed by atoms with Gasteiger partial charge in [-0.25, -0.2) is 0 Å². The summed E-state index contributed by atoms with van der Waals surface area (Å²) in [4.78, 5) is 21.2. The number of nitrogens with zero attached hydrogens (tertiary/aromatic N) is 6. The number of hydrogen-bond acceptors (Lipinski definition) is 8. The Balaban J connectivity index is 0.000000360. The van der Waals surface area contributed by atoms with Crippen molar-refractivity contribution in [2.75, 3.05) is 27.4 Å². The molecule has 0 aromatic carbocycles. The highest BCUT2D eigenvalue weighted by Gasteiger charge is 2.20. The van der Waals surface area contributed by atoms with Crippen molar-refractivity contribution in [2.45, 2.75) is 79.3 Å². The first-order chi connectivity index (χ1) is 17.1. The van der Waals surface area contributed by atoms with Gasteiger partial charge in [0, 0.05) is 40.5 Å². The Bertz CT molecular complexity index is 912. The molecule has 0 aliphatic heterocycles. The Kier molecular flexibility index (Phi) is 14.5. The smallest absolute Gasteiger partial charge is 0.310 e. The van der Waals surface area contributed by atoms with Crippen molar-refractivity contribution < 1.29 is 19.3 Å². The standard InChI is InChI=1S/2C12H21N3O3/c1-10(2)5-6-11-12(15(16)17)9-14(13-11)7-4-8-18-3;1-10(2)5-6-11-12(15(16)17)9-13-14(11)7-4-8-18-3/h2*9-10H,4-8H2,1-3H3. The molecule has 0 aliphatic rings. The Hall–Kier alpha value is -2.86. The molecule has 0 bridgehead atoms. The summed E-state index contributed by atoms with van der Waals surface area (Å²) in [6, 6.07) is 0. The normalized spacial score (nSPS) is 11.1. The Labute approximate surface area is 213 Å². The zero-order valence-corrected chi connectivity index (χ0v) is 22.5. The second-order valence-electron chi connectivity index (χ2n) is 9.50. The van der Waals surface area contributed by atoms with Crippen LogP contribution < -0.4 is 0 Å². The zero-order chi connectivity index (χ0) is 27.1. The minimum absolute atomic E-state index is 0.132. The molecule has 2 aromatic heterocycles. The summed E-state index contributed by atoms with van der Waals surface area (Å²) in [5.41, 5.74) is 1.58. The van der Waals surface area contributed by atoms with Crippen molar-refractivity contribution in [3.05, 3.63) is 44.0 Å². The Morgan fingerprint density at radius 2 is 1.44 bits per heavy atom. The average molecular weight is 511 g/mol.